The number of amides is 1. The van der Waals surface area contributed by atoms with Crippen molar-refractivity contribution in [2.75, 3.05) is 6.54 Å². The summed E-state index contributed by atoms with van der Waals surface area (Å²) in [6, 6.07) is 5.75. The first-order valence-corrected chi connectivity index (χ1v) is 10.9. The molecule has 0 radical (unpaired) electrons. The quantitative estimate of drug-likeness (QED) is 0.217. The van der Waals surface area contributed by atoms with E-state index in [-0.39, 0.29) is 33.6 Å². The van der Waals surface area contributed by atoms with Crippen LogP contribution in [0.4, 0.5) is 0 Å². The topological polar surface area (TPSA) is 98.5 Å². The fraction of sp³-hybridized carbons (Fsp3) is 0.391. The average molecular weight is 445 g/mol. The van der Waals surface area contributed by atoms with Gasteiger partial charge < -0.3 is 14.5 Å². The van der Waals surface area contributed by atoms with Crippen molar-refractivity contribution in [1.29, 1.82) is 0 Å². The predicted molar refractivity (Wildman–Crippen MR) is 119 cm³/mol. The van der Waals surface area contributed by atoms with Gasteiger partial charge in [0, 0.05) is 19.0 Å². The van der Waals surface area contributed by atoms with Crippen molar-refractivity contribution in [3.05, 3.63) is 45.1 Å². The molecule has 1 heterocycles. The van der Waals surface area contributed by atoms with Crippen LogP contribution in [0.15, 0.2) is 33.5 Å². The first-order valence-electron chi connectivity index (χ1n) is 10.5. The maximum atomic E-state index is 12.4. The summed E-state index contributed by atoms with van der Waals surface area (Å²) in [5, 5.41) is 2.83. The molecule has 2 aliphatic rings. The van der Waals surface area contributed by atoms with Crippen molar-refractivity contribution in [3.8, 4) is 17.2 Å². The first-order chi connectivity index (χ1) is 14.9. The zero-order valence-corrected chi connectivity index (χ0v) is 18.4. The molecule has 1 N–H and O–H groups in total. The molecule has 3 rings (SSSR count). The summed E-state index contributed by atoms with van der Waals surface area (Å²) in [6.45, 7) is 4.25. The normalized spacial score (nSPS) is 11.1. The molecule has 1 aromatic rings. The van der Waals surface area contributed by atoms with Gasteiger partial charge in [-0.1, -0.05) is 44.2 Å². The van der Waals surface area contributed by atoms with Gasteiger partial charge in [0.05, 0.1) is 5.02 Å². The van der Waals surface area contributed by atoms with Gasteiger partial charge in [-0.05, 0) is 31.5 Å². The lowest BCUT2D eigenvalue weighted by Gasteiger charge is -2.12. The lowest BCUT2D eigenvalue weighted by molar-refractivity contribution is -0.134. The molecule has 0 saturated heterocycles. The second kappa shape index (κ2) is 10.4. The number of unbranched alkanes of at least 4 members (excludes halogenated alkanes) is 4. The molecule has 8 heteroatoms. The van der Waals surface area contributed by atoms with Crippen LogP contribution < -0.4 is 15.5 Å². The van der Waals surface area contributed by atoms with E-state index in [0.717, 1.165) is 32.1 Å². The molecule has 164 valence electrons. The molecule has 31 heavy (non-hydrogen) atoms. The predicted octanol–water partition coefficient (Wildman–Crippen LogP) is 4.96. The van der Waals surface area contributed by atoms with Crippen molar-refractivity contribution in [2.45, 2.75) is 52.4 Å². The Morgan fingerprint density at radius 1 is 1.13 bits per heavy atom. The summed E-state index contributed by atoms with van der Waals surface area (Å²) in [4.78, 5) is 41.3. The molecule has 0 atom stereocenters. The first kappa shape index (κ1) is 22.7. The molecule has 0 saturated carbocycles. The Hall–Kier alpha value is -2.93. The van der Waals surface area contributed by atoms with Gasteiger partial charge in [-0.3, -0.25) is 14.4 Å². The number of aromatic nitrogens is 1. The molecule has 1 aliphatic carbocycles. The highest BCUT2D eigenvalue weighted by atomic mass is 35.5. The lowest BCUT2D eigenvalue weighted by Crippen LogP contribution is -2.29. The summed E-state index contributed by atoms with van der Waals surface area (Å²) in [7, 11) is 0. The van der Waals surface area contributed by atoms with Crippen LogP contribution in [0.1, 0.15) is 62.7 Å². The number of benzene rings is 2. The highest BCUT2D eigenvalue weighted by Crippen LogP contribution is 2.33. The molecule has 0 bridgehead atoms. The Morgan fingerprint density at radius 3 is 2.65 bits per heavy atom. The zero-order chi connectivity index (χ0) is 22.4. The highest BCUT2D eigenvalue weighted by Gasteiger charge is 2.23. The minimum absolute atomic E-state index is 0.0708. The van der Waals surface area contributed by atoms with Crippen molar-refractivity contribution in [3.63, 3.8) is 0 Å². The fourth-order valence-electron chi connectivity index (χ4n) is 3.27. The average Bonchev–Trinajstić information content (AvgIpc) is 2.73. The minimum Gasteiger partial charge on any atom is -0.452 e. The van der Waals surface area contributed by atoms with Gasteiger partial charge in [0.2, 0.25) is 0 Å². The van der Waals surface area contributed by atoms with Gasteiger partial charge in [-0.2, -0.15) is 0 Å². The van der Waals surface area contributed by atoms with Gasteiger partial charge in [-0.15, -0.1) is 0 Å². The number of ether oxygens (including phenoxy) is 1. The summed E-state index contributed by atoms with van der Waals surface area (Å²) in [5.41, 5.74) is 0.429. The molecule has 1 amide bonds. The Labute approximate surface area is 185 Å². The van der Waals surface area contributed by atoms with E-state index in [1.165, 1.54) is 24.3 Å². The van der Waals surface area contributed by atoms with E-state index in [4.69, 9.17) is 20.8 Å². The van der Waals surface area contributed by atoms with E-state index in [1.54, 1.807) is 6.92 Å². The third kappa shape index (κ3) is 5.41. The van der Waals surface area contributed by atoms with Gasteiger partial charge in [-0.25, -0.2) is 4.98 Å². The molecule has 1 aromatic carbocycles. The molecule has 1 aliphatic heterocycles. The number of hydrogen-bond donors (Lipinski definition) is 1. The number of halogens is 1. The number of rotatable bonds is 9. The maximum absolute atomic E-state index is 12.4. The second-order valence-corrected chi connectivity index (χ2v) is 7.66. The molecular formula is C23H25ClN2O5. The van der Waals surface area contributed by atoms with Crippen LogP contribution in [0.3, 0.4) is 0 Å². The van der Waals surface area contributed by atoms with Crippen molar-refractivity contribution < 1.29 is 18.7 Å². The van der Waals surface area contributed by atoms with Crippen LogP contribution in [-0.4, -0.2) is 23.4 Å². The van der Waals surface area contributed by atoms with Crippen molar-refractivity contribution >= 4 is 34.6 Å². The van der Waals surface area contributed by atoms with Gasteiger partial charge in [0.1, 0.15) is 16.8 Å². The van der Waals surface area contributed by atoms with E-state index >= 15 is 0 Å². The van der Waals surface area contributed by atoms with E-state index in [1.807, 2.05) is 0 Å². The van der Waals surface area contributed by atoms with Crippen LogP contribution >= 0.6 is 11.6 Å². The Kier molecular flexibility index (Phi) is 7.63. The van der Waals surface area contributed by atoms with Crippen LogP contribution in [0, 0.1) is 0 Å². The van der Waals surface area contributed by atoms with Crippen LogP contribution in [0.5, 0.6) is 5.75 Å². The number of fused-ring (bicyclic) bond motifs is 2. The van der Waals surface area contributed by atoms with E-state index in [2.05, 4.69) is 17.2 Å². The number of esters is 1. The van der Waals surface area contributed by atoms with E-state index in [9.17, 15) is 14.4 Å². The summed E-state index contributed by atoms with van der Waals surface area (Å²) >= 11 is 6.28. The second-order valence-electron chi connectivity index (χ2n) is 7.25. The third-order valence-corrected chi connectivity index (χ3v) is 5.13. The zero-order valence-electron chi connectivity index (χ0n) is 17.6. The molecule has 0 spiro atoms. The molecule has 0 fully saturated rings. The SMILES string of the molecule is CCCCCCCC(=O)Oc1cc2oc3c(C(=O)NCC)c(=O)ccc-3nc2cc1Cl. The van der Waals surface area contributed by atoms with E-state index < -0.39 is 11.3 Å². The van der Waals surface area contributed by atoms with Crippen molar-refractivity contribution in [1.82, 2.24) is 10.3 Å². The fourth-order valence-corrected chi connectivity index (χ4v) is 3.46. The Bertz CT molecular complexity index is 1120. The number of nitrogens with one attached hydrogen (secondary N) is 1. The maximum Gasteiger partial charge on any atom is 0.311 e. The Balaban J connectivity index is 1.91. The van der Waals surface area contributed by atoms with Crippen LogP contribution in [0.2, 0.25) is 5.02 Å². The monoisotopic (exact) mass is 444 g/mol. The van der Waals surface area contributed by atoms with Gasteiger partial charge >= 0.3 is 5.97 Å². The smallest absolute Gasteiger partial charge is 0.311 e. The number of hydrogen-bond acceptors (Lipinski definition) is 6. The standard InChI is InChI=1S/C23H25ClN2O5/c1-3-5-6-7-8-9-20(28)30-18-13-19-16(12-14(18)24)26-15-10-11-17(27)21(22(15)31-19)23(29)25-4-2/h10-13H,3-9H2,1-2H3,(H,25,29). The van der Waals surface area contributed by atoms with Gasteiger partial charge in [0.25, 0.3) is 5.91 Å². The third-order valence-electron chi connectivity index (χ3n) is 4.84. The largest absolute Gasteiger partial charge is 0.452 e. The molecular weight excluding hydrogens is 420 g/mol. The summed E-state index contributed by atoms with van der Waals surface area (Å²) in [6.07, 6.45) is 5.40. The summed E-state index contributed by atoms with van der Waals surface area (Å²) < 4.78 is 11.3. The van der Waals surface area contributed by atoms with Crippen LogP contribution in [-0.2, 0) is 4.79 Å². The Morgan fingerprint density at radius 2 is 1.90 bits per heavy atom. The van der Waals surface area contributed by atoms with Crippen LogP contribution in [0.25, 0.3) is 22.6 Å². The number of carbonyl (C=O) groups is 2. The van der Waals surface area contributed by atoms with Gasteiger partial charge in [0.15, 0.2) is 22.5 Å². The number of carbonyl (C=O) groups excluding carboxylic acids is 2. The number of nitrogens with zero attached hydrogens (tertiary/aromatic N) is 1. The minimum atomic E-state index is -0.535. The summed E-state index contributed by atoms with van der Waals surface area (Å²) in [5.74, 6) is -0.694. The molecule has 0 unspecified atom stereocenters. The van der Waals surface area contributed by atoms with Crippen molar-refractivity contribution in [2.24, 2.45) is 0 Å². The lowest BCUT2D eigenvalue weighted by atomic mass is 10.1. The highest BCUT2D eigenvalue weighted by molar-refractivity contribution is 6.32. The molecule has 0 aromatic heterocycles. The molecule has 7 nitrogen and oxygen atoms in total. The van der Waals surface area contributed by atoms with E-state index in [0.29, 0.717) is 24.2 Å².